The number of aryl methyl sites for hydroxylation is 1. The van der Waals surface area contributed by atoms with Crippen LogP contribution >= 0.6 is 11.6 Å². The Morgan fingerprint density at radius 3 is 2.77 bits per heavy atom. The van der Waals surface area contributed by atoms with Crippen molar-refractivity contribution in [2.24, 2.45) is 5.92 Å². The lowest BCUT2D eigenvalue weighted by Gasteiger charge is -2.04. The van der Waals surface area contributed by atoms with E-state index in [-0.39, 0.29) is 0 Å². The highest BCUT2D eigenvalue weighted by Crippen LogP contribution is 2.47. The standard InChI is InChI=1S/C9H14ClN3/c1-3-6-5-7(6)13-8(4-2)11-12-9(13)10/h6-7H,3-5H2,1-2H3. The number of aromatic nitrogens is 3. The Morgan fingerprint density at radius 2 is 2.23 bits per heavy atom. The second kappa shape index (κ2) is 3.29. The Bertz CT molecular complexity index is 308. The summed E-state index contributed by atoms with van der Waals surface area (Å²) in [5.41, 5.74) is 0. The zero-order valence-corrected chi connectivity index (χ0v) is 8.75. The van der Waals surface area contributed by atoms with Crippen molar-refractivity contribution in [3.8, 4) is 0 Å². The normalized spacial score (nSPS) is 26.4. The van der Waals surface area contributed by atoms with Gasteiger partial charge in [0, 0.05) is 12.5 Å². The monoisotopic (exact) mass is 199 g/mol. The number of hydrogen-bond acceptors (Lipinski definition) is 2. The molecule has 4 heteroatoms. The van der Waals surface area contributed by atoms with Gasteiger partial charge in [0.2, 0.25) is 5.28 Å². The molecule has 1 fully saturated rings. The summed E-state index contributed by atoms with van der Waals surface area (Å²) in [5.74, 6) is 1.81. The van der Waals surface area contributed by atoms with Crippen molar-refractivity contribution >= 4 is 11.6 Å². The van der Waals surface area contributed by atoms with Crippen LogP contribution in [-0.2, 0) is 6.42 Å². The average Bonchev–Trinajstić information content (AvgIpc) is 2.82. The van der Waals surface area contributed by atoms with Gasteiger partial charge in [-0.2, -0.15) is 0 Å². The number of hydrogen-bond donors (Lipinski definition) is 0. The first-order chi connectivity index (χ1) is 6.27. The highest BCUT2D eigenvalue weighted by molar-refractivity contribution is 6.28. The van der Waals surface area contributed by atoms with Crippen LogP contribution in [0.3, 0.4) is 0 Å². The summed E-state index contributed by atoms with van der Waals surface area (Å²) in [4.78, 5) is 0. The van der Waals surface area contributed by atoms with E-state index in [4.69, 9.17) is 11.6 Å². The van der Waals surface area contributed by atoms with Crippen molar-refractivity contribution in [3.63, 3.8) is 0 Å². The zero-order valence-electron chi connectivity index (χ0n) is 8.00. The van der Waals surface area contributed by atoms with Crippen molar-refractivity contribution < 1.29 is 0 Å². The molecular formula is C9H14ClN3. The Morgan fingerprint density at radius 1 is 1.46 bits per heavy atom. The van der Waals surface area contributed by atoms with Crippen LogP contribution in [0.15, 0.2) is 0 Å². The maximum Gasteiger partial charge on any atom is 0.225 e. The zero-order chi connectivity index (χ0) is 9.42. The van der Waals surface area contributed by atoms with E-state index in [2.05, 4.69) is 28.6 Å². The van der Waals surface area contributed by atoms with Crippen LogP contribution in [-0.4, -0.2) is 14.8 Å². The number of halogens is 1. The molecule has 0 N–H and O–H groups in total. The molecule has 2 unspecified atom stereocenters. The molecule has 1 aliphatic rings. The molecular weight excluding hydrogens is 186 g/mol. The van der Waals surface area contributed by atoms with E-state index in [1.54, 1.807) is 0 Å². The minimum absolute atomic E-state index is 0.554. The molecule has 1 heterocycles. The molecule has 13 heavy (non-hydrogen) atoms. The topological polar surface area (TPSA) is 30.7 Å². The minimum atomic E-state index is 0.554. The van der Waals surface area contributed by atoms with E-state index in [9.17, 15) is 0 Å². The van der Waals surface area contributed by atoms with Gasteiger partial charge in [0.15, 0.2) is 0 Å². The van der Waals surface area contributed by atoms with Crippen LogP contribution in [0.4, 0.5) is 0 Å². The average molecular weight is 200 g/mol. The molecule has 1 aliphatic carbocycles. The van der Waals surface area contributed by atoms with Crippen molar-refractivity contribution in [3.05, 3.63) is 11.1 Å². The summed E-state index contributed by atoms with van der Waals surface area (Å²) in [7, 11) is 0. The maximum atomic E-state index is 5.97. The third-order valence-electron chi connectivity index (χ3n) is 2.78. The van der Waals surface area contributed by atoms with Crippen molar-refractivity contribution in [2.45, 2.75) is 39.2 Å². The van der Waals surface area contributed by atoms with E-state index in [1.807, 2.05) is 0 Å². The Kier molecular flexibility index (Phi) is 2.28. The number of rotatable bonds is 3. The lowest BCUT2D eigenvalue weighted by Crippen LogP contribution is -2.02. The highest BCUT2D eigenvalue weighted by Gasteiger charge is 2.39. The Balaban J connectivity index is 2.24. The van der Waals surface area contributed by atoms with Crippen LogP contribution in [0.25, 0.3) is 0 Å². The summed E-state index contributed by atoms with van der Waals surface area (Å²) < 4.78 is 2.09. The fourth-order valence-corrected chi connectivity index (χ4v) is 2.12. The predicted molar refractivity (Wildman–Crippen MR) is 51.8 cm³/mol. The van der Waals surface area contributed by atoms with Gasteiger partial charge in [-0.3, -0.25) is 4.57 Å². The van der Waals surface area contributed by atoms with Gasteiger partial charge in [-0.1, -0.05) is 20.3 Å². The first-order valence-electron chi connectivity index (χ1n) is 4.87. The highest BCUT2D eigenvalue weighted by atomic mass is 35.5. The second-order valence-electron chi connectivity index (χ2n) is 3.58. The quantitative estimate of drug-likeness (QED) is 0.749. The smallest absolute Gasteiger partial charge is 0.225 e. The van der Waals surface area contributed by atoms with Gasteiger partial charge in [0.05, 0.1) is 0 Å². The molecule has 1 aromatic rings. The van der Waals surface area contributed by atoms with Crippen LogP contribution in [0.2, 0.25) is 5.28 Å². The van der Waals surface area contributed by atoms with E-state index in [0.29, 0.717) is 11.3 Å². The van der Waals surface area contributed by atoms with Gasteiger partial charge in [0.25, 0.3) is 0 Å². The molecule has 0 aromatic carbocycles. The molecule has 0 aliphatic heterocycles. The molecule has 0 bridgehead atoms. The van der Waals surface area contributed by atoms with Crippen LogP contribution in [0, 0.1) is 5.92 Å². The molecule has 1 aromatic heterocycles. The van der Waals surface area contributed by atoms with E-state index in [0.717, 1.165) is 18.2 Å². The van der Waals surface area contributed by atoms with E-state index < -0.39 is 0 Å². The molecule has 1 saturated carbocycles. The molecule has 0 radical (unpaired) electrons. The maximum absolute atomic E-state index is 5.97. The van der Waals surface area contributed by atoms with E-state index >= 15 is 0 Å². The fraction of sp³-hybridized carbons (Fsp3) is 0.778. The van der Waals surface area contributed by atoms with Gasteiger partial charge < -0.3 is 0 Å². The Labute approximate surface area is 83.1 Å². The van der Waals surface area contributed by atoms with Gasteiger partial charge >= 0.3 is 0 Å². The SMILES string of the molecule is CCc1nnc(Cl)n1C1CC1CC. The van der Waals surface area contributed by atoms with Gasteiger partial charge in [0.1, 0.15) is 5.82 Å². The third kappa shape index (κ3) is 1.46. The van der Waals surface area contributed by atoms with Gasteiger partial charge in [-0.25, -0.2) is 0 Å². The second-order valence-corrected chi connectivity index (χ2v) is 3.92. The first kappa shape index (κ1) is 9.00. The summed E-state index contributed by atoms with van der Waals surface area (Å²) in [6, 6.07) is 0.572. The summed E-state index contributed by atoms with van der Waals surface area (Å²) in [5, 5.41) is 8.49. The lowest BCUT2D eigenvalue weighted by atomic mass is 10.3. The van der Waals surface area contributed by atoms with E-state index in [1.165, 1.54) is 12.8 Å². The van der Waals surface area contributed by atoms with Gasteiger partial charge in [-0.15, -0.1) is 10.2 Å². The predicted octanol–water partition coefficient (Wildman–Crippen LogP) is 2.46. The van der Waals surface area contributed by atoms with Crippen molar-refractivity contribution in [2.75, 3.05) is 0 Å². The molecule has 0 spiro atoms. The summed E-state index contributed by atoms with van der Waals surface area (Å²) in [6.45, 7) is 4.30. The minimum Gasteiger partial charge on any atom is -0.298 e. The van der Waals surface area contributed by atoms with Crippen molar-refractivity contribution in [1.29, 1.82) is 0 Å². The van der Waals surface area contributed by atoms with Crippen LogP contribution in [0.5, 0.6) is 0 Å². The first-order valence-corrected chi connectivity index (χ1v) is 5.25. The third-order valence-corrected chi connectivity index (χ3v) is 3.04. The summed E-state index contributed by atoms with van der Waals surface area (Å²) in [6.07, 6.45) is 3.37. The molecule has 3 nitrogen and oxygen atoms in total. The fourth-order valence-electron chi connectivity index (χ4n) is 1.86. The largest absolute Gasteiger partial charge is 0.298 e. The number of nitrogens with zero attached hydrogens (tertiary/aromatic N) is 3. The summed E-state index contributed by atoms with van der Waals surface area (Å²) >= 11 is 5.97. The molecule has 2 atom stereocenters. The molecule has 2 rings (SSSR count). The van der Waals surface area contributed by atoms with Crippen LogP contribution in [0.1, 0.15) is 38.6 Å². The molecule has 0 saturated heterocycles. The Hall–Kier alpha value is -0.570. The van der Waals surface area contributed by atoms with Gasteiger partial charge in [-0.05, 0) is 23.9 Å². The van der Waals surface area contributed by atoms with Crippen LogP contribution < -0.4 is 0 Å². The van der Waals surface area contributed by atoms with Crippen molar-refractivity contribution in [1.82, 2.24) is 14.8 Å². The lowest BCUT2D eigenvalue weighted by molar-refractivity contribution is 0.614. The molecule has 0 amide bonds. The molecule has 72 valence electrons.